The molecule has 1 N–H and O–H groups in total. The van der Waals surface area contributed by atoms with Crippen LogP contribution in [0.25, 0.3) is 0 Å². The normalized spacial score (nSPS) is 17.6. The van der Waals surface area contributed by atoms with Crippen LogP contribution in [0.5, 0.6) is 0 Å². The number of aliphatic hydroxyl groups excluding tert-OH is 1. The Bertz CT molecular complexity index is 417. The van der Waals surface area contributed by atoms with Crippen LogP contribution in [0.1, 0.15) is 24.5 Å². The lowest BCUT2D eigenvalue weighted by Gasteiger charge is -2.20. The van der Waals surface area contributed by atoms with E-state index in [4.69, 9.17) is 16.3 Å². The van der Waals surface area contributed by atoms with Gasteiger partial charge in [-0.1, -0.05) is 27.5 Å². The van der Waals surface area contributed by atoms with Gasteiger partial charge in [0, 0.05) is 15.1 Å². The van der Waals surface area contributed by atoms with Gasteiger partial charge >= 0.3 is 0 Å². The number of hydrogen-bond donors (Lipinski definition) is 1. The maximum Gasteiger partial charge on any atom is 0.105 e. The summed E-state index contributed by atoms with van der Waals surface area (Å²) in [6.45, 7) is 0.725. The Kier molecular flexibility index (Phi) is 3.90. The Labute approximate surface area is 108 Å². The van der Waals surface area contributed by atoms with Crippen molar-refractivity contribution in [3.63, 3.8) is 0 Å². The van der Waals surface area contributed by atoms with Crippen molar-refractivity contribution in [3.8, 4) is 0 Å². The molecule has 86 valence electrons. The summed E-state index contributed by atoms with van der Waals surface area (Å²) >= 11 is 9.43. The minimum Gasteiger partial charge on any atom is -0.501 e. The Morgan fingerprint density at radius 3 is 2.94 bits per heavy atom. The fourth-order valence-electron chi connectivity index (χ4n) is 1.71. The highest BCUT2D eigenvalue weighted by molar-refractivity contribution is 9.10. The number of hydrogen-bond acceptors (Lipinski definition) is 2. The maximum absolute atomic E-state index is 10.2. The standard InChI is InChI=1S/C12H12BrClO2/c13-9-3-4-11(14)10(6-9)12(15)8-2-1-5-16-7-8/h3-4,6-7,12,15H,1-2,5H2. The van der Waals surface area contributed by atoms with Crippen molar-refractivity contribution in [3.05, 3.63) is 45.1 Å². The molecule has 1 heterocycles. The van der Waals surface area contributed by atoms with Crippen LogP contribution in [0.2, 0.25) is 5.02 Å². The second kappa shape index (κ2) is 5.21. The van der Waals surface area contributed by atoms with Crippen LogP contribution in [0.3, 0.4) is 0 Å². The number of ether oxygens (including phenoxy) is 1. The molecule has 0 bridgehead atoms. The molecule has 0 fully saturated rings. The summed E-state index contributed by atoms with van der Waals surface area (Å²) in [6.07, 6.45) is 2.76. The van der Waals surface area contributed by atoms with Gasteiger partial charge in [0.05, 0.1) is 12.9 Å². The van der Waals surface area contributed by atoms with Gasteiger partial charge in [-0.25, -0.2) is 0 Å². The lowest BCUT2D eigenvalue weighted by molar-refractivity contribution is 0.170. The first-order valence-electron chi connectivity index (χ1n) is 5.12. The molecule has 4 heteroatoms. The van der Waals surface area contributed by atoms with E-state index in [-0.39, 0.29) is 0 Å². The van der Waals surface area contributed by atoms with Crippen LogP contribution >= 0.6 is 27.5 Å². The highest BCUT2D eigenvalue weighted by Gasteiger charge is 2.18. The van der Waals surface area contributed by atoms with Crippen LogP contribution in [0.15, 0.2) is 34.5 Å². The molecule has 1 aliphatic rings. The summed E-state index contributed by atoms with van der Waals surface area (Å²) in [5, 5.41) is 10.8. The molecule has 1 atom stereocenters. The molecule has 2 nitrogen and oxygen atoms in total. The van der Waals surface area contributed by atoms with Crippen molar-refractivity contribution in [2.24, 2.45) is 0 Å². The third-order valence-corrected chi connectivity index (χ3v) is 3.40. The van der Waals surface area contributed by atoms with Crippen molar-refractivity contribution < 1.29 is 9.84 Å². The second-order valence-corrected chi connectivity index (χ2v) is 5.06. The van der Waals surface area contributed by atoms with Crippen LogP contribution in [0.4, 0.5) is 0 Å². The van der Waals surface area contributed by atoms with E-state index in [0.29, 0.717) is 10.6 Å². The third-order valence-electron chi connectivity index (χ3n) is 2.57. The minimum atomic E-state index is -0.676. The molecule has 1 aliphatic heterocycles. The van der Waals surface area contributed by atoms with Gasteiger partial charge in [-0.05, 0) is 36.6 Å². The van der Waals surface area contributed by atoms with Crippen molar-refractivity contribution in [1.29, 1.82) is 0 Å². The Morgan fingerprint density at radius 2 is 2.25 bits per heavy atom. The second-order valence-electron chi connectivity index (χ2n) is 3.74. The first kappa shape index (κ1) is 12.0. The van der Waals surface area contributed by atoms with Crippen LogP contribution in [0, 0.1) is 0 Å². The van der Waals surface area contributed by atoms with E-state index in [1.165, 1.54) is 0 Å². The first-order valence-corrected chi connectivity index (χ1v) is 6.29. The van der Waals surface area contributed by atoms with Gasteiger partial charge in [0.1, 0.15) is 6.10 Å². The zero-order chi connectivity index (χ0) is 11.5. The fourth-order valence-corrected chi connectivity index (χ4v) is 2.31. The Hall–Kier alpha value is -0.510. The molecular weight excluding hydrogens is 291 g/mol. The molecule has 0 aliphatic carbocycles. The monoisotopic (exact) mass is 302 g/mol. The van der Waals surface area contributed by atoms with Crippen molar-refractivity contribution in [1.82, 2.24) is 0 Å². The van der Waals surface area contributed by atoms with E-state index in [0.717, 1.165) is 29.5 Å². The topological polar surface area (TPSA) is 29.5 Å². The summed E-state index contributed by atoms with van der Waals surface area (Å²) in [7, 11) is 0. The van der Waals surface area contributed by atoms with Crippen LogP contribution < -0.4 is 0 Å². The molecule has 1 aromatic carbocycles. The Morgan fingerprint density at radius 1 is 1.44 bits per heavy atom. The molecule has 0 radical (unpaired) electrons. The number of benzene rings is 1. The van der Waals surface area contributed by atoms with Gasteiger partial charge < -0.3 is 9.84 Å². The zero-order valence-electron chi connectivity index (χ0n) is 8.62. The lowest BCUT2D eigenvalue weighted by Crippen LogP contribution is -2.08. The van der Waals surface area contributed by atoms with E-state index < -0.39 is 6.10 Å². The SMILES string of the molecule is OC(C1=COCCC1)c1cc(Br)ccc1Cl. The van der Waals surface area contributed by atoms with E-state index in [1.54, 1.807) is 12.3 Å². The maximum atomic E-state index is 10.2. The summed E-state index contributed by atoms with van der Waals surface area (Å²) in [5.74, 6) is 0. The summed E-state index contributed by atoms with van der Waals surface area (Å²) in [6, 6.07) is 5.46. The predicted molar refractivity (Wildman–Crippen MR) is 67.4 cm³/mol. The quantitative estimate of drug-likeness (QED) is 0.900. The largest absolute Gasteiger partial charge is 0.501 e. The minimum absolute atomic E-state index is 0.571. The molecule has 16 heavy (non-hydrogen) atoms. The number of rotatable bonds is 2. The smallest absolute Gasteiger partial charge is 0.105 e. The van der Waals surface area contributed by atoms with Gasteiger partial charge in [0.25, 0.3) is 0 Å². The van der Waals surface area contributed by atoms with Gasteiger partial charge in [-0.2, -0.15) is 0 Å². The van der Waals surface area contributed by atoms with Crippen LogP contribution in [-0.2, 0) is 4.74 Å². The molecule has 0 aromatic heterocycles. The van der Waals surface area contributed by atoms with Gasteiger partial charge in [0.15, 0.2) is 0 Å². The van der Waals surface area contributed by atoms with E-state index >= 15 is 0 Å². The van der Waals surface area contributed by atoms with Crippen molar-refractivity contribution in [2.75, 3.05) is 6.61 Å². The van der Waals surface area contributed by atoms with Gasteiger partial charge in [0.2, 0.25) is 0 Å². The van der Waals surface area contributed by atoms with E-state index in [2.05, 4.69) is 15.9 Å². The molecule has 0 amide bonds. The highest BCUT2D eigenvalue weighted by Crippen LogP contribution is 2.33. The van der Waals surface area contributed by atoms with E-state index in [9.17, 15) is 5.11 Å². The van der Waals surface area contributed by atoms with E-state index in [1.807, 2.05) is 12.1 Å². The Balaban J connectivity index is 2.29. The van der Waals surface area contributed by atoms with Crippen LogP contribution in [-0.4, -0.2) is 11.7 Å². The van der Waals surface area contributed by atoms with Gasteiger partial charge in [-0.3, -0.25) is 0 Å². The highest BCUT2D eigenvalue weighted by atomic mass is 79.9. The summed E-state index contributed by atoms with van der Waals surface area (Å²) in [5.41, 5.74) is 1.60. The molecule has 0 saturated carbocycles. The zero-order valence-corrected chi connectivity index (χ0v) is 11.0. The molecular formula is C12H12BrClO2. The molecule has 1 aromatic rings. The van der Waals surface area contributed by atoms with Crippen molar-refractivity contribution in [2.45, 2.75) is 18.9 Å². The summed E-state index contributed by atoms with van der Waals surface area (Å²) < 4.78 is 6.12. The first-order chi connectivity index (χ1) is 7.68. The fraction of sp³-hybridized carbons (Fsp3) is 0.333. The molecule has 1 unspecified atom stereocenters. The number of halogens is 2. The van der Waals surface area contributed by atoms with Crippen molar-refractivity contribution >= 4 is 27.5 Å². The molecule has 0 spiro atoms. The average molecular weight is 304 g/mol. The number of aliphatic hydroxyl groups is 1. The lowest BCUT2D eigenvalue weighted by atomic mass is 9.98. The molecule has 0 saturated heterocycles. The molecule has 2 rings (SSSR count). The predicted octanol–water partition coefficient (Wildman–Crippen LogP) is 3.83. The third kappa shape index (κ3) is 2.59. The summed E-state index contributed by atoms with van der Waals surface area (Å²) in [4.78, 5) is 0. The average Bonchev–Trinajstić information content (AvgIpc) is 2.32. The van der Waals surface area contributed by atoms with Gasteiger partial charge in [-0.15, -0.1) is 0 Å².